The van der Waals surface area contributed by atoms with Gasteiger partial charge in [0.05, 0.1) is 4.75 Å². The molecule has 1 aliphatic heterocycles. The monoisotopic (exact) mass is 349 g/mol. The second-order valence-electron chi connectivity index (χ2n) is 8.16. The predicted octanol–water partition coefficient (Wildman–Crippen LogP) is 4.86. The van der Waals surface area contributed by atoms with Gasteiger partial charge in [0.1, 0.15) is 0 Å². The van der Waals surface area contributed by atoms with E-state index >= 15 is 0 Å². The first kappa shape index (κ1) is 19.3. The third-order valence-electron chi connectivity index (χ3n) is 4.55. The molecule has 0 aliphatic carbocycles. The van der Waals surface area contributed by atoms with Crippen LogP contribution in [0.15, 0.2) is 24.3 Å². The molecule has 1 saturated heterocycles. The highest BCUT2D eigenvalue weighted by Crippen LogP contribution is 2.31. The molecule has 1 aromatic rings. The Kier molecular flexibility index (Phi) is 6.38. The van der Waals surface area contributed by atoms with E-state index in [9.17, 15) is 4.79 Å². The lowest BCUT2D eigenvalue weighted by Crippen LogP contribution is -2.35. The largest absolute Gasteiger partial charge is 0.381 e. The smallest absolute Gasteiger partial charge is 0.240 e. The van der Waals surface area contributed by atoms with E-state index in [2.05, 4.69) is 38.2 Å². The molecule has 0 atom stereocenters. The van der Waals surface area contributed by atoms with Crippen LogP contribution >= 0.6 is 11.8 Å². The maximum Gasteiger partial charge on any atom is 0.240 e. The number of carbonyl (C=O) groups is 1. The van der Waals surface area contributed by atoms with Crippen molar-refractivity contribution in [1.82, 2.24) is 0 Å². The second-order valence-corrected chi connectivity index (χ2v) is 9.80. The van der Waals surface area contributed by atoms with Crippen LogP contribution in [0.25, 0.3) is 0 Å². The Morgan fingerprint density at radius 1 is 1.21 bits per heavy atom. The fraction of sp³-hybridized carbons (Fsp3) is 0.650. The summed E-state index contributed by atoms with van der Waals surface area (Å²) in [5.74, 6) is 1.76. The van der Waals surface area contributed by atoms with E-state index in [4.69, 9.17) is 4.74 Å². The first-order valence-electron chi connectivity index (χ1n) is 8.82. The summed E-state index contributed by atoms with van der Waals surface area (Å²) in [6, 6.07) is 8.17. The highest BCUT2D eigenvalue weighted by Gasteiger charge is 2.30. The molecule has 1 fully saturated rings. The number of hydrogen-bond donors (Lipinski definition) is 1. The van der Waals surface area contributed by atoms with Crippen LogP contribution in [0.3, 0.4) is 0 Å². The summed E-state index contributed by atoms with van der Waals surface area (Å²) in [7, 11) is 0. The number of carbonyl (C=O) groups excluding carboxylic acids is 1. The van der Waals surface area contributed by atoms with Crippen molar-refractivity contribution in [3.63, 3.8) is 0 Å². The molecule has 0 saturated carbocycles. The van der Waals surface area contributed by atoms with E-state index in [0.717, 1.165) is 37.5 Å². The van der Waals surface area contributed by atoms with Crippen LogP contribution in [0.5, 0.6) is 0 Å². The van der Waals surface area contributed by atoms with Crippen molar-refractivity contribution < 1.29 is 9.53 Å². The van der Waals surface area contributed by atoms with Crippen molar-refractivity contribution in [3.8, 4) is 0 Å². The van der Waals surface area contributed by atoms with Crippen molar-refractivity contribution in [3.05, 3.63) is 29.8 Å². The van der Waals surface area contributed by atoms with Crippen molar-refractivity contribution in [2.45, 2.75) is 57.6 Å². The molecule has 0 aromatic heterocycles. The Morgan fingerprint density at radius 3 is 2.50 bits per heavy atom. The average molecular weight is 350 g/mol. The van der Waals surface area contributed by atoms with Gasteiger partial charge in [0.15, 0.2) is 0 Å². The quantitative estimate of drug-likeness (QED) is 0.825. The molecule has 3 nitrogen and oxygen atoms in total. The number of ether oxygens (including phenoxy) is 1. The van der Waals surface area contributed by atoms with E-state index in [1.807, 2.05) is 26.0 Å². The van der Waals surface area contributed by atoms with E-state index in [-0.39, 0.29) is 11.3 Å². The van der Waals surface area contributed by atoms with Crippen LogP contribution in [0.1, 0.15) is 53.0 Å². The number of anilines is 1. The van der Waals surface area contributed by atoms with Crippen LogP contribution in [0, 0.1) is 5.92 Å². The van der Waals surface area contributed by atoms with Crippen molar-refractivity contribution >= 4 is 23.4 Å². The van der Waals surface area contributed by atoms with Gasteiger partial charge in [0, 0.05) is 18.9 Å². The number of thioether (sulfide) groups is 1. The zero-order valence-corrected chi connectivity index (χ0v) is 16.5. The highest BCUT2D eigenvalue weighted by atomic mass is 32.2. The lowest BCUT2D eigenvalue weighted by atomic mass is 9.87. The van der Waals surface area contributed by atoms with Gasteiger partial charge in [-0.1, -0.05) is 32.9 Å². The Hall–Kier alpha value is -1.00. The zero-order chi connectivity index (χ0) is 17.8. The molecular weight excluding hydrogens is 318 g/mol. The summed E-state index contributed by atoms with van der Waals surface area (Å²) in [5, 5.41) is 3.10. The molecule has 1 aromatic carbocycles. The second kappa shape index (κ2) is 7.92. The van der Waals surface area contributed by atoms with Gasteiger partial charge >= 0.3 is 0 Å². The van der Waals surface area contributed by atoms with Gasteiger partial charge in [-0.05, 0) is 61.5 Å². The Morgan fingerprint density at radius 2 is 1.88 bits per heavy atom. The first-order chi connectivity index (χ1) is 11.2. The van der Waals surface area contributed by atoms with E-state index in [1.165, 1.54) is 5.56 Å². The highest BCUT2D eigenvalue weighted by molar-refractivity contribution is 8.01. The maximum atomic E-state index is 12.7. The third-order valence-corrected chi connectivity index (χ3v) is 6.10. The van der Waals surface area contributed by atoms with Crippen LogP contribution in [0.4, 0.5) is 5.69 Å². The van der Waals surface area contributed by atoms with E-state index in [0.29, 0.717) is 5.92 Å². The summed E-state index contributed by atoms with van der Waals surface area (Å²) < 4.78 is 4.97. The summed E-state index contributed by atoms with van der Waals surface area (Å²) in [5.41, 5.74) is 2.19. The van der Waals surface area contributed by atoms with Gasteiger partial charge in [0.2, 0.25) is 5.91 Å². The van der Waals surface area contributed by atoms with Gasteiger partial charge in [-0.25, -0.2) is 0 Å². The Bertz CT molecular complexity index is 557. The molecule has 0 radical (unpaired) electrons. The fourth-order valence-corrected chi connectivity index (χ4v) is 3.82. The lowest BCUT2D eigenvalue weighted by Gasteiger charge is -2.28. The van der Waals surface area contributed by atoms with Gasteiger partial charge in [0.25, 0.3) is 0 Å². The first-order valence-corrected chi connectivity index (χ1v) is 9.81. The van der Waals surface area contributed by atoms with Crippen molar-refractivity contribution in [2.24, 2.45) is 5.92 Å². The number of benzene rings is 1. The van der Waals surface area contributed by atoms with Crippen molar-refractivity contribution in [1.29, 1.82) is 0 Å². The average Bonchev–Trinajstić information content (AvgIpc) is 2.53. The molecule has 24 heavy (non-hydrogen) atoms. The number of nitrogens with one attached hydrogen (secondary N) is 1. The standard InChI is InChI=1S/C20H31NO2S/c1-19(2,3)16-7-6-8-17(13-16)21-18(22)20(4,5)24-14-15-9-11-23-12-10-15/h6-8,13,15H,9-12,14H2,1-5H3,(H,21,22). The topological polar surface area (TPSA) is 38.3 Å². The molecule has 134 valence electrons. The predicted molar refractivity (Wildman–Crippen MR) is 104 cm³/mol. The zero-order valence-electron chi connectivity index (χ0n) is 15.6. The molecule has 1 amide bonds. The third kappa shape index (κ3) is 5.52. The SMILES string of the molecule is CC(C)(SCC1CCOCC1)C(=O)Nc1cccc(C(C)(C)C)c1. The van der Waals surface area contributed by atoms with Crippen LogP contribution < -0.4 is 5.32 Å². The molecule has 0 unspecified atom stereocenters. The number of amides is 1. The van der Waals surface area contributed by atoms with Gasteiger partial charge in [-0.2, -0.15) is 0 Å². The van der Waals surface area contributed by atoms with E-state index in [1.54, 1.807) is 11.8 Å². The molecule has 0 spiro atoms. The Labute approximate surface area is 150 Å². The fourth-order valence-electron chi connectivity index (χ4n) is 2.65. The molecule has 2 rings (SSSR count). The van der Waals surface area contributed by atoms with Crippen molar-refractivity contribution in [2.75, 3.05) is 24.3 Å². The Balaban J connectivity index is 1.94. The number of hydrogen-bond acceptors (Lipinski definition) is 3. The molecule has 1 aliphatic rings. The van der Waals surface area contributed by atoms with Crippen LogP contribution in [-0.2, 0) is 14.9 Å². The maximum absolute atomic E-state index is 12.7. The molecular formula is C20H31NO2S. The van der Waals surface area contributed by atoms with Crippen LogP contribution in [0.2, 0.25) is 0 Å². The molecule has 1 heterocycles. The van der Waals surface area contributed by atoms with E-state index < -0.39 is 4.75 Å². The van der Waals surface area contributed by atoms with Gasteiger partial charge in [-0.3, -0.25) is 4.79 Å². The minimum absolute atomic E-state index is 0.0746. The van der Waals surface area contributed by atoms with Gasteiger partial charge in [-0.15, -0.1) is 11.8 Å². The molecule has 1 N–H and O–H groups in total. The summed E-state index contributed by atoms with van der Waals surface area (Å²) in [6.07, 6.45) is 2.22. The summed E-state index contributed by atoms with van der Waals surface area (Å²) in [6.45, 7) is 12.3. The summed E-state index contributed by atoms with van der Waals surface area (Å²) >= 11 is 1.75. The molecule has 4 heteroatoms. The normalized spacial score (nSPS) is 16.9. The lowest BCUT2D eigenvalue weighted by molar-refractivity contribution is -0.117. The summed E-state index contributed by atoms with van der Waals surface area (Å²) in [4.78, 5) is 12.7. The van der Waals surface area contributed by atoms with Gasteiger partial charge < -0.3 is 10.1 Å². The number of rotatable bonds is 5. The minimum Gasteiger partial charge on any atom is -0.381 e. The minimum atomic E-state index is -0.434. The molecule has 0 bridgehead atoms. The van der Waals surface area contributed by atoms with Crippen LogP contribution in [-0.4, -0.2) is 29.6 Å².